The molecule has 6 heteroatoms. The molecule has 25 heavy (non-hydrogen) atoms. The van der Waals surface area contributed by atoms with Crippen molar-refractivity contribution in [2.45, 2.75) is 19.9 Å². The monoisotopic (exact) mass is 336 g/mol. The number of rotatable bonds is 4. The minimum absolute atomic E-state index is 0.278. The highest BCUT2D eigenvalue weighted by Crippen LogP contribution is 2.33. The van der Waals surface area contributed by atoms with Crippen molar-refractivity contribution >= 4 is 28.4 Å². The van der Waals surface area contributed by atoms with Crippen LogP contribution in [-0.4, -0.2) is 29.2 Å². The number of para-hydroxylation sites is 1. The molecule has 0 saturated heterocycles. The molecule has 1 aliphatic heterocycles. The van der Waals surface area contributed by atoms with Crippen LogP contribution < -0.4 is 20.1 Å². The van der Waals surface area contributed by atoms with Gasteiger partial charge in [0.25, 0.3) is 0 Å². The number of hydrogen-bond acceptors (Lipinski definition) is 6. The van der Waals surface area contributed by atoms with E-state index in [1.54, 1.807) is 0 Å². The summed E-state index contributed by atoms with van der Waals surface area (Å²) in [5.74, 6) is 2.86. The molecule has 0 bridgehead atoms. The van der Waals surface area contributed by atoms with Crippen LogP contribution in [0.15, 0.2) is 42.5 Å². The van der Waals surface area contributed by atoms with Crippen LogP contribution in [0.25, 0.3) is 10.9 Å². The molecule has 4 rings (SSSR count). The molecule has 0 unspecified atom stereocenters. The average Bonchev–Trinajstić information content (AvgIpc) is 2.61. The maximum Gasteiger partial charge on any atom is 0.229 e. The molecular weight excluding hydrogens is 316 g/mol. The van der Waals surface area contributed by atoms with Crippen LogP contribution in [0.1, 0.15) is 13.8 Å². The van der Waals surface area contributed by atoms with E-state index in [4.69, 9.17) is 9.47 Å². The maximum atomic E-state index is 5.63. The van der Waals surface area contributed by atoms with Crippen molar-refractivity contribution < 1.29 is 9.47 Å². The van der Waals surface area contributed by atoms with Crippen molar-refractivity contribution in [2.75, 3.05) is 23.8 Å². The first-order chi connectivity index (χ1) is 12.2. The van der Waals surface area contributed by atoms with Crippen LogP contribution in [0, 0.1) is 0 Å². The Morgan fingerprint density at radius 1 is 0.960 bits per heavy atom. The lowest BCUT2D eigenvalue weighted by molar-refractivity contribution is 0.171. The van der Waals surface area contributed by atoms with E-state index >= 15 is 0 Å². The molecule has 3 aromatic rings. The Morgan fingerprint density at radius 3 is 2.60 bits per heavy atom. The lowest BCUT2D eigenvalue weighted by Crippen LogP contribution is -2.15. The zero-order valence-electron chi connectivity index (χ0n) is 14.2. The van der Waals surface area contributed by atoms with Crippen molar-refractivity contribution in [3.05, 3.63) is 42.5 Å². The van der Waals surface area contributed by atoms with Gasteiger partial charge in [0.05, 0.1) is 5.52 Å². The van der Waals surface area contributed by atoms with Gasteiger partial charge in [-0.25, -0.2) is 4.98 Å². The fourth-order valence-electron chi connectivity index (χ4n) is 2.77. The summed E-state index contributed by atoms with van der Waals surface area (Å²) in [6.07, 6.45) is 0. The standard InChI is InChI=1S/C19H20N4O2/c1-12(2)20-18-14-5-3-4-6-15(14)22-19(23-18)21-13-7-8-16-17(11-13)25-10-9-24-16/h3-8,11-12H,9-10H2,1-2H3,(H2,20,21,22,23). The summed E-state index contributed by atoms with van der Waals surface area (Å²) in [7, 11) is 0. The summed E-state index contributed by atoms with van der Waals surface area (Å²) >= 11 is 0. The van der Waals surface area contributed by atoms with Crippen LogP contribution >= 0.6 is 0 Å². The van der Waals surface area contributed by atoms with Gasteiger partial charge in [0.2, 0.25) is 5.95 Å². The SMILES string of the molecule is CC(C)Nc1nc(Nc2ccc3c(c2)OCCO3)nc2ccccc12. The predicted octanol–water partition coefficient (Wildman–Crippen LogP) is 3.96. The highest BCUT2D eigenvalue weighted by atomic mass is 16.6. The van der Waals surface area contributed by atoms with Gasteiger partial charge < -0.3 is 20.1 Å². The number of nitrogens with zero attached hydrogens (tertiary/aromatic N) is 2. The fraction of sp³-hybridized carbons (Fsp3) is 0.263. The van der Waals surface area contributed by atoms with E-state index in [1.807, 2.05) is 42.5 Å². The second-order valence-electron chi connectivity index (χ2n) is 6.20. The minimum atomic E-state index is 0.278. The molecule has 2 aromatic carbocycles. The van der Waals surface area contributed by atoms with Gasteiger partial charge in [0.15, 0.2) is 11.5 Å². The highest BCUT2D eigenvalue weighted by molar-refractivity contribution is 5.90. The third-order valence-corrected chi connectivity index (χ3v) is 3.83. The van der Waals surface area contributed by atoms with E-state index in [9.17, 15) is 0 Å². The highest BCUT2D eigenvalue weighted by Gasteiger charge is 2.13. The maximum absolute atomic E-state index is 5.63. The lowest BCUT2D eigenvalue weighted by atomic mass is 10.2. The molecule has 2 heterocycles. The number of anilines is 3. The fourth-order valence-corrected chi connectivity index (χ4v) is 2.77. The zero-order chi connectivity index (χ0) is 17.2. The van der Waals surface area contributed by atoms with E-state index in [0.29, 0.717) is 19.2 Å². The zero-order valence-corrected chi connectivity index (χ0v) is 14.2. The molecule has 0 amide bonds. The first-order valence-corrected chi connectivity index (χ1v) is 8.39. The van der Waals surface area contributed by atoms with E-state index in [-0.39, 0.29) is 6.04 Å². The van der Waals surface area contributed by atoms with E-state index in [0.717, 1.165) is 33.9 Å². The number of ether oxygens (including phenoxy) is 2. The normalized spacial score (nSPS) is 13.1. The van der Waals surface area contributed by atoms with Gasteiger partial charge in [-0.1, -0.05) is 12.1 Å². The summed E-state index contributed by atoms with van der Waals surface area (Å²) in [5.41, 5.74) is 1.75. The van der Waals surface area contributed by atoms with Crippen molar-refractivity contribution in [1.82, 2.24) is 9.97 Å². The summed E-state index contributed by atoms with van der Waals surface area (Å²) in [6.45, 7) is 5.32. The molecule has 0 saturated carbocycles. The minimum Gasteiger partial charge on any atom is -0.486 e. The first kappa shape index (κ1) is 15.5. The predicted molar refractivity (Wildman–Crippen MR) is 99.0 cm³/mol. The molecule has 1 aromatic heterocycles. The molecule has 0 fully saturated rings. The molecular formula is C19H20N4O2. The second-order valence-corrected chi connectivity index (χ2v) is 6.20. The largest absolute Gasteiger partial charge is 0.486 e. The molecule has 6 nitrogen and oxygen atoms in total. The van der Waals surface area contributed by atoms with Crippen molar-refractivity contribution in [1.29, 1.82) is 0 Å². The number of hydrogen-bond donors (Lipinski definition) is 2. The Bertz CT molecular complexity index is 911. The Kier molecular flexibility index (Phi) is 4.01. The van der Waals surface area contributed by atoms with Gasteiger partial charge in [-0.3, -0.25) is 0 Å². The lowest BCUT2D eigenvalue weighted by Gasteiger charge is -2.19. The Balaban J connectivity index is 1.69. The van der Waals surface area contributed by atoms with Gasteiger partial charge in [0.1, 0.15) is 19.0 Å². The van der Waals surface area contributed by atoms with Gasteiger partial charge in [0, 0.05) is 23.2 Å². The Labute approximate surface area is 146 Å². The molecule has 128 valence electrons. The summed E-state index contributed by atoms with van der Waals surface area (Å²) in [5, 5.41) is 7.65. The number of benzene rings is 2. The smallest absolute Gasteiger partial charge is 0.229 e. The molecule has 1 aliphatic rings. The third kappa shape index (κ3) is 3.28. The Morgan fingerprint density at radius 2 is 1.76 bits per heavy atom. The van der Waals surface area contributed by atoms with Crippen LogP contribution in [0.2, 0.25) is 0 Å². The molecule has 0 aliphatic carbocycles. The second kappa shape index (κ2) is 6.47. The van der Waals surface area contributed by atoms with Crippen LogP contribution in [0.5, 0.6) is 11.5 Å². The summed E-state index contributed by atoms with van der Waals surface area (Å²) in [6, 6.07) is 14.0. The van der Waals surface area contributed by atoms with E-state index in [1.165, 1.54) is 0 Å². The quantitative estimate of drug-likeness (QED) is 0.751. The third-order valence-electron chi connectivity index (χ3n) is 3.83. The van der Waals surface area contributed by atoms with Crippen LogP contribution in [-0.2, 0) is 0 Å². The van der Waals surface area contributed by atoms with Crippen molar-refractivity contribution in [3.8, 4) is 11.5 Å². The molecule has 0 spiro atoms. The van der Waals surface area contributed by atoms with Crippen molar-refractivity contribution in [3.63, 3.8) is 0 Å². The molecule has 2 N–H and O–H groups in total. The molecule has 0 atom stereocenters. The van der Waals surface area contributed by atoms with E-state index in [2.05, 4.69) is 34.4 Å². The van der Waals surface area contributed by atoms with Gasteiger partial charge >= 0.3 is 0 Å². The van der Waals surface area contributed by atoms with Crippen LogP contribution in [0.3, 0.4) is 0 Å². The Hall–Kier alpha value is -3.02. The average molecular weight is 336 g/mol. The molecule has 0 radical (unpaired) electrons. The summed E-state index contributed by atoms with van der Waals surface area (Å²) in [4.78, 5) is 9.26. The number of aromatic nitrogens is 2. The first-order valence-electron chi connectivity index (χ1n) is 8.39. The van der Waals surface area contributed by atoms with Gasteiger partial charge in [-0.2, -0.15) is 4.98 Å². The number of nitrogens with one attached hydrogen (secondary N) is 2. The van der Waals surface area contributed by atoms with Gasteiger partial charge in [-0.05, 0) is 38.1 Å². The van der Waals surface area contributed by atoms with E-state index < -0.39 is 0 Å². The van der Waals surface area contributed by atoms with Gasteiger partial charge in [-0.15, -0.1) is 0 Å². The van der Waals surface area contributed by atoms with Crippen molar-refractivity contribution in [2.24, 2.45) is 0 Å². The topological polar surface area (TPSA) is 68.3 Å². The summed E-state index contributed by atoms with van der Waals surface area (Å²) < 4.78 is 11.2. The number of fused-ring (bicyclic) bond motifs is 2. The van der Waals surface area contributed by atoms with Crippen LogP contribution in [0.4, 0.5) is 17.5 Å².